The molecule has 0 saturated carbocycles. The maximum atomic E-state index is 5.76. The molecule has 0 amide bonds. The predicted octanol–water partition coefficient (Wildman–Crippen LogP) is 0.881. The molecule has 1 aromatic rings. The highest BCUT2D eigenvalue weighted by molar-refractivity contribution is 5.65. The monoisotopic (exact) mass is 218 g/mol. The van der Waals surface area contributed by atoms with Crippen molar-refractivity contribution in [1.82, 2.24) is 5.01 Å². The second-order valence-electron chi connectivity index (χ2n) is 4.34. The SMILES string of the molecule is CN(C)c1cccc(CN2CC(N)C=N2)c1. The molecule has 1 aliphatic rings. The van der Waals surface area contributed by atoms with Crippen LogP contribution in [0.1, 0.15) is 5.56 Å². The molecule has 1 aromatic carbocycles. The zero-order valence-corrected chi connectivity index (χ0v) is 9.80. The average Bonchev–Trinajstić information content (AvgIpc) is 2.64. The Hall–Kier alpha value is -1.55. The van der Waals surface area contributed by atoms with E-state index in [0.717, 1.165) is 13.1 Å². The molecular weight excluding hydrogens is 200 g/mol. The van der Waals surface area contributed by atoms with E-state index in [1.807, 2.05) is 19.1 Å². The van der Waals surface area contributed by atoms with Crippen molar-refractivity contribution < 1.29 is 0 Å². The van der Waals surface area contributed by atoms with Crippen LogP contribution in [0.25, 0.3) is 0 Å². The van der Waals surface area contributed by atoms with Gasteiger partial charge in [0, 0.05) is 26.0 Å². The van der Waals surface area contributed by atoms with Gasteiger partial charge >= 0.3 is 0 Å². The van der Waals surface area contributed by atoms with Crippen LogP contribution in [0.5, 0.6) is 0 Å². The van der Waals surface area contributed by atoms with Gasteiger partial charge in [0.2, 0.25) is 0 Å². The van der Waals surface area contributed by atoms with E-state index in [1.54, 1.807) is 6.21 Å². The third-order valence-electron chi connectivity index (χ3n) is 2.64. The Kier molecular flexibility index (Phi) is 3.10. The Balaban J connectivity index is 2.04. The Bertz CT molecular complexity index is 386. The Morgan fingerprint density at radius 1 is 1.50 bits per heavy atom. The van der Waals surface area contributed by atoms with Crippen molar-refractivity contribution in [2.24, 2.45) is 10.8 Å². The highest BCUT2D eigenvalue weighted by Gasteiger charge is 2.13. The lowest BCUT2D eigenvalue weighted by Gasteiger charge is -2.17. The number of anilines is 1. The summed E-state index contributed by atoms with van der Waals surface area (Å²) in [5.74, 6) is 0. The summed E-state index contributed by atoms with van der Waals surface area (Å²) >= 11 is 0. The third-order valence-corrected chi connectivity index (χ3v) is 2.64. The van der Waals surface area contributed by atoms with Gasteiger partial charge in [-0.15, -0.1) is 0 Å². The van der Waals surface area contributed by atoms with Gasteiger partial charge in [-0.25, -0.2) is 0 Å². The summed E-state index contributed by atoms with van der Waals surface area (Å²) in [6, 6.07) is 8.55. The first kappa shape index (κ1) is 11.0. The number of benzene rings is 1. The van der Waals surface area contributed by atoms with Gasteiger partial charge in [0.15, 0.2) is 0 Å². The molecule has 0 aromatic heterocycles. The summed E-state index contributed by atoms with van der Waals surface area (Å²) in [7, 11) is 4.09. The number of rotatable bonds is 3. The largest absolute Gasteiger partial charge is 0.378 e. The van der Waals surface area contributed by atoms with Crippen molar-refractivity contribution in [2.45, 2.75) is 12.6 Å². The van der Waals surface area contributed by atoms with Crippen molar-refractivity contribution in [3.63, 3.8) is 0 Å². The van der Waals surface area contributed by atoms with E-state index in [4.69, 9.17) is 5.73 Å². The summed E-state index contributed by atoms with van der Waals surface area (Å²) in [6.07, 6.45) is 1.80. The van der Waals surface area contributed by atoms with Gasteiger partial charge in [-0.1, -0.05) is 12.1 Å². The minimum atomic E-state index is 0.0806. The number of nitrogens with zero attached hydrogens (tertiary/aromatic N) is 3. The second kappa shape index (κ2) is 4.53. The van der Waals surface area contributed by atoms with Gasteiger partial charge in [0.1, 0.15) is 0 Å². The molecule has 0 fully saturated rings. The van der Waals surface area contributed by atoms with Crippen LogP contribution in [-0.4, -0.2) is 37.9 Å². The molecule has 2 rings (SSSR count). The quantitative estimate of drug-likeness (QED) is 0.819. The Morgan fingerprint density at radius 2 is 2.31 bits per heavy atom. The molecule has 0 bridgehead atoms. The van der Waals surface area contributed by atoms with E-state index in [1.165, 1.54) is 11.3 Å². The fourth-order valence-electron chi connectivity index (χ4n) is 1.77. The van der Waals surface area contributed by atoms with Crippen molar-refractivity contribution in [1.29, 1.82) is 0 Å². The molecule has 1 heterocycles. The molecule has 4 nitrogen and oxygen atoms in total. The van der Waals surface area contributed by atoms with Gasteiger partial charge in [-0.2, -0.15) is 5.10 Å². The van der Waals surface area contributed by atoms with Gasteiger partial charge < -0.3 is 10.6 Å². The zero-order valence-electron chi connectivity index (χ0n) is 9.80. The van der Waals surface area contributed by atoms with Crippen LogP contribution in [-0.2, 0) is 6.54 Å². The van der Waals surface area contributed by atoms with Crippen molar-refractivity contribution in [2.75, 3.05) is 25.5 Å². The standard InChI is InChI=1S/C12H18N4/c1-15(2)12-5-3-4-10(6-12)8-16-9-11(13)7-14-16/h3-7,11H,8-9,13H2,1-2H3. The van der Waals surface area contributed by atoms with Crippen LogP contribution in [0.4, 0.5) is 5.69 Å². The molecule has 0 radical (unpaired) electrons. The third kappa shape index (κ3) is 2.52. The average molecular weight is 218 g/mol. The summed E-state index contributed by atoms with van der Waals surface area (Å²) in [6.45, 7) is 1.64. The molecule has 86 valence electrons. The topological polar surface area (TPSA) is 44.9 Å². The van der Waals surface area contributed by atoms with Crippen LogP contribution in [0, 0.1) is 0 Å². The first-order valence-electron chi connectivity index (χ1n) is 5.46. The first-order chi connectivity index (χ1) is 7.65. The van der Waals surface area contributed by atoms with Crippen LogP contribution in [0.2, 0.25) is 0 Å². The first-order valence-corrected chi connectivity index (χ1v) is 5.46. The summed E-state index contributed by atoms with van der Waals surface area (Å²) in [5, 5.41) is 6.26. The van der Waals surface area contributed by atoms with E-state index in [0.29, 0.717) is 0 Å². The van der Waals surface area contributed by atoms with Crippen molar-refractivity contribution >= 4 is 11.9 Å². The van der Waals surface area contributed by atoms with E-state index < -0.39 is 0 Å². The summed E-state index contributed by atoms with van der Waals surface area (Å²) in [4.78, 5) is 2.10. The molecule has 16 heavy (non-hydrogen) atoms. The fraction of sp³-hybridized carbons (Fsp3) is 0.417. The molecule has 0 aliphatic carbocycles. The maximum Gasteiger partial charge on any atom is 0.0612 e. The molecule has 1 unspecified atom stereocenters. The second-order valence-corrected chi connectivity index (χ2v) is 4.34. The maximum absolute atomic E-state index is 5.76. The Labute approximate surface area is 96.3 Å². The molecule has 1 atom stereocenters. The van der Waals surface area contributed by atoms with E-state index in [2.05, 4.69) is 34.3 Å². The lowest BCUT2D eigenvalue weighted by atomic mass is 10.2. The summed E-state index contributed by atoms with van der Waals surface area (Å²) in [5.41, 5.74) is 8.23. The lowest BCUT2D eigenvalue weighted by Crippen LogP contribution is -2.28. The molecule has 0 spiro atoms. The fourth-order valence-corrected chi connectivity index (χ4v) is 1.77. The minimum Gasteiger partial charge on any atom is -0.378 e. The van der Waals surface area contributed by atoms with Gasteiger partial charge in [-0.05, 0) is 17.7 Å². The zero-order chi connectivity index (χ0) is 11.5. The van der Waals surface area contributed by atoms with E-state index >= 15 is 0 Å². The molecule has 4 heteroatoms. The van der Waals surface area contributed by atoms with Gasteiger partial charge in [0.05, 0.1) is 19.1 Å². The highest BCUT2D eigenvalue weighted by atomic mass is 15.5. The van der Waals surface area contributed by atoms with E-state index in [-0.39, 0.29) is 6.04 Å². The number of nitrogens with two attached hydrogens (primary N) is 1. The molecule has 1 aliphatic heterocycles. The number of hydrazone groups is 1. The molecule has 0 saturated heterocycles. The van der Waals surface area contributed by atoms with Crippen LogP contribution in [0.15, 0.2) is 29.4 Å². The van der Waals surface area contributed by atoms with E-state index in [9.17, 15) is 0 Å². The number of hydrogen-bond donors (Lipinski definition) is 1. The van der Waals surface area contributed by atoms with Crippen LogP contribution < -0.4 is 10.6 Å². The minimum absolute atomic E-state index is 0.0806. The lowest BCUT2D eigenvalue weighted by molar-refractivity contribution is 0.302. The predicted molar refractivity (Wildman–Crippen MR) is 67.6 cm³/mol. The molecule has 2 N–H and O–H groups in total. The number of hydrogen-bond acceptors (Lipinski definition) is 4. The van der Waals surface area contributed by atoms with Crippen molar-refractivity contribution in [3.05, 3.63) is 29.8 Å². The summed E-state index contributed by atoms with van der Waals surface area (Å²) < 4.78 is 0. The van der Waals surface area contributed by atoms with Gasteiger partial charge in [-0.3, -0.25) is 5.01 Å². The smallest absolute Gasteiger partial charge is 0.0612 e. The normalized spacial score (nSPS) is 19.2. The van der Waals surface area contributed by atoms with Crippen LogP contribution >= 0.6 is 0 Å². The Morgan fingerprint density at radius 3 is 2.94 bits per heavy atom. The van der Waals surface area contributed by atoms with Crippen molar-refractivity contribution in [3.8, 4) is 0 Å². The van der Waals surface area contributed by atoms with Gasteiger partial charge in [0.25, 0.3) is 0 Å². The molecular formula is C12H18N4. The van der Waals surface area contributed by atoms with Crippen LogP contribution in [0.3, 0.4) is 0 Å². The highest BCUT2D eigenvalue weighted by Crippen LogP contribution is 2.15.